The molecule has 6 nitrogen and oxygen atoms in total. The van der Waals surface area contributed by atoms with Crippen molar-refractivity contribution in [1.29, 1.82) is 0 Å². The molecule has 2 N–H and O–H groups in total. The van der Waals surface area contributed by atoms with Crippen LogP contribution < -0.4 is 10.5 Å². The van der Waals surface area contributed by atoms with E-state index < -0.39 is 6.04 Å². The average Bonchev–Trinajstić information content (AvgIpc) is 2.81. The maximum absolute atomic E-state index is 12.4. The van der Waals surface area contributed by atoms with Crippen LogP contribution in [0.4, 0.5) is 0 Å². The molecule has 0 spiro atoms. The van der Waals surface area contributed by atoms with Gasteiger partial charge >= 0.3 is 0 Å². The van der Waals surface area contributed by atoms with Crippen molar-refractivity contribution in [1.82, 2.24) is 9.78 Å². The molecule has 0 aliphatic carbocycles. The summed E-state index contributed by atoms with van der Waals surface area (Å²) in [4.78, 5) is 12.4. The zero-order chi connectivity index (χ0) is 14.4. The molecule has 0 radical (unpaired) electrons. The van der Waals surface area contributed by atoms with E-state index in [0.717, 1.165) is 6.42 Å². The van der Waals surface area contributed by atoms with Crippen LogP contribution in [0.15, 0.2) is 6.20 Å². The first-order chi connectivity index (χ1) is 9.02. The SMILES string of the molecule is COCCCC(N)C(=O)c1c(OC)cnn1C(C)C. The highest BCUT2D eigenvalue weighted by atomic mass is 16.5. The molecule has 0 aliphatic rings. The van der Waals surface area contributed by atoms with E-state index in [2.05, 4.69) is 5.10 Å². The lowest BCUT2D eigenvalue weighted by molar-refractivity contribution is 0.0934. The van der Waals surface area contributed by atoms with E-state index >= 15 is 0 Å². The first-order valence-corrected chi connectivity index (χ1v) is 6.43. The second-order valence-corrected chi connectivity index (χ2v) is 4.71. The molecule has 6 heteroatoms. The van der Waals surface area contributed by atoms with Gasteiger partial charge in [0.05, 0.1) is 19.3 Å². The Morgan fingerprint density at radius 1 is 1.47 bits per heavy atom. The fraction of sp³-hybridized carbons (Fsp3) is 0.692. The summed E-state index contributed by atoms with van der Waals surface area (Å²) in [6.45, 7) is 4.51. The van der Waals surface area contributed by atoms with Gasteiger partial charge in [-0.25, -0.2) is 0 Å². The largest absolute Gasteiger partial charge is 0.493 e. The molecule has 1 aromatic rings. The highest BCUT2D eigenvalue weighted by molar-refractivity contribution is 6.00. The number of ketones is 1. The number of hydrogen-bond acceptors (Lipinski definition) is 5. The third-order valence-corrected chi connectivity index (χ3v) is 2.90. The van der Waals surface area contributed by atoms with Crippen LogP contribution in [-0.4, -0.2) is 42.4 Å². The summed E-state index contributed by atoms with van der Waals surface area (Å²) in [6, 6.07) is -0.479. The average molecular weight is 269 g/mol. The van der Waals surface area contributed by atoms with Crippen LogP contribution in [0.3, 0.4) is 0 Å². The quantitative estimate of drug-likeness (QED) is 0.570. The third kappa shape index (κ3) is 3.78. The first kappa shape index (κ1) is 15.7. The Kier molecular flexibility index (Phi) is 5.98. The maximum Gasteiger partial charge on any atom is 0.201 e. The highest BCUT2D eigenvalue weighted by Gasteiger charge is 2.25. The number of Topliss-reactive ketones (excluding diaryl/α,β-unsaturated/α-hetero) is 1. The van der Waals surface area contributed by atoms with Gasteiger partial charge in [0.1, 0.15) is 5.69 Å². The Balaban J connectivity index is 2.88. The number of rotatable bonds is 8. The molecule has 0 fully saturated rings. The Labute approximate surface area is 113 Å². The fourth-order valence-electron chi connectivity index (χ4n) is 1.88. The van der Waals surface area contributed by atoms with Crippen molar-refractivity contribution >= 4 is 5.78 Å². The molecule has 1 aromatic heterocycles. The van der Waals surface area contributed by atoms with Crippen LogP contribution in [0.1, 0.15) is 43.2 Å². The van der Waals surface area contributed by atoms with Gasteiger partial charge in [-0.15, -0.1) is 0 Å². The lowest BCUT2D eigenvalue weighted by Gasteiger charge is -2.15. The highest BCUT2D eigenvalue weighted by Crippen LogP contribution is 2.22. The van der Waals surface area contributed by atoms with Gasteiger partial charge in [-0.05, 0) is 26.7 Å². The molecule has 1 heterocycles. The van der Waals surface area contributed by atoms with Gasteiger partial charge in [0.25, 0.3) is 0 Å². The third-order valence-electron chi connectivity index (χ3n) is 2.90. The number of nitrogens with two attached hydrogens (primary N) is 1. The predicted octanol–water partition coefficient (Wildman–Crippen LogP) is 1.41. The summed E-state index contributed by atoms with van der Waals surface area (Å²) in [5.41, 5.74) is 6.39. The maximum atomic E-state index is 12.4. The molecule has 0 aromatic carbocycles. The van der Waals surface area contributed by atoms with Gasteiger partial charge in [0.2, 0.25) is 5.78 Å². The van der Waals surface area contributed by atoms with Gasteiger partial charge in [-0.3, -0.25) is 9.48 Å². The van der Waals surface area contributed by atoms with E-state index in [1.54, 1.807) is 18.0 Å². The first-order valence-electron chi connectivity index (χ1n) is 6.43. The number of nitrogens with zero attached hydrogens (tertiary/aromatic N) is 2. The monoisotopic (exact) mass is 269 g/mol. The van der Waals surface area contributed by atoms with Crippen LogP contribution in [0.5, 0.6) is 5.75 Å². The molecule has 1 atom stereocenters. The molecule has 0 bridgehead atoms. The number of ether oxygens (including phenoxy) is 2. The minimum Gasteiger partial charge on any atom is -0.493 e. The van der Waals surface area contributed by atoms with E-state index in [-0.39, 0.29) is 11.8 Å². The van der Waals surface area contributed by atoms with Crippen molar-refractivity contribution in [2.24, 2.45) is 5.73 Å². The minimum absolute atomic E-state index is 0.0778. The predicted molar refractivity (Wildman–Crippen MR) is 72.6 cm³/mol. The van der Waals surface area contributed by atoms with Crippen molar-refractivity contribution < 1.29 is 14.3 Å². The van der Waals surface area contributed by atoms with Gasteiger partial charge < -0.3 is 15.2 Å². The Morgan fingerprint density at radius 3 is 2.68 bits per heavy atom. The summed E-state index contributed by atoms with van der Waals surface area (Å²) in [6.07, 6.45) is 2.88. The van der Waals surface area contributed by atoms with Crippen molar-refractivity contribution in [3.63, 3.8) is 0 Å². The summed E-state index contributed by atoms with van der Waals surface area (Å²) < 4.78 is 11.8. The molecule has 0 amide bonds. The van der Waals surface area contributed by atoms with E-state index in [0.29, 0.717) is 24.5 Å². The standard InChI is InChI=1S/C13H23N3O3/c1-9(2)16-12(11(19-4)8-15-16)13(17)10(14)6-5-7-18-3/h8-10H,5-7,14H2,1-4H3. The molecule has 0 saturated heterocycles. The number of aromatic nitrogens is 2. The molecular weight excluding hydrogens is 246 g/mol. The van der Waals surface area contributed by atoms with Crippen molar-refractivity contribution in [3.8, 4) is 5.75 Å². The second kappa shape index (κ2) is 7.25. The Bertz CT molecular complexity index is 415. The van der Waals surface area contributed by atoms with Crippen LogP contribution in [-0.2, 0) is 4.74 Å². The smallest absolute Gasteiger partial charge is 0.201 e. The van der Waals surface area contributed by atoms with Gasteiger partial charge in [-0.2, -0.15) is 5.10 Å². The minimum atomic E-state index is -0.557. The molecule has 0 aliphatic heterocycles. The van der Waals surface area contributed by atoms with Gasteiger partial charge in [0, 0.05) is 19.8 Å². The van der Waals surface area contributed by atoms with Crippen LogP contribution >= 0.6 is 0 Å². The molecule has 1 rings (SSSR count). The number of methoxy groups -OCH3 is 2. The van der Waals surface area contributed by atoms with Gasteiger partial charge in [-0.1, -0.05) is 0 Å². The second-order valence-electron chi connectivity index (χ2n) is 4.71. The van der Waals surface area contributed by atoms with Crippen LogP contribution in [0, 0.1) is 0 Å². The molecule has 1 unspecified atom stereocenters. The topological polar surface area (TPSA) is 79.4 Å². The van der Waals surface area contributed by atoms with Crippen LogP contribution in [0.2, 0.25) is 0 Å². The van der Waals surface area contributed by atoms with E-state index in [1.807, 2.05) is 13.8 Å². The summed E-state index contributed by atoms with van der Waals surface area (Å²) in [5, 5.41) is 4.18. The van der Waals surface area contributed by atoms with Gasteiger partial charge in [0.15, 0.2) is 5.75 Å². The molecular formula is C13H23N3O3. The summed E-state index contributed by atoms with van der Waals surface area (Å²) >= 11 is 0. The molecule has 19 heavy (non-hydrogen) atoms. The Morgan fingerprint density at radius 2 is 2.16 bits per heavy atom. The van der Waals surface area contributed by atoms with E-state index in [4.69, 9.17) is 15.2 Å². The molecule has 0 saturated carbocycles. The normalized spacial score (nSPS) is 12.7. The zero-order valence-corrected chi connectivity index (χ0v) is 12.0. The summed E-state index contributed by atoms with van der Waals surface area (Å²) in [5.74, 6) is 0.333. The Hall–Kier alpha value is -1.40. The van der Waals surface area contributed by atoms with Crippen molar-refractivity contribution in [2.75, 3.05) is 20.8 Å². The van der Waals surface area contributed by atoms with Crippen LogP contribution in [0.25, 0.3) is 0 Å². The lowest BCUT2D eigenvalue weighted by atomic mass is 10.0. The van der Waals surface area contributed by atoms with E-state index in [1.165, 1.54) is 7.11 Å². The number of carbonyl (C=O) groups is 1. The summed E-state index contributed by atoms with van der Waals surface area (Å²) in [7, 11) is 3.15. The zero-order valence-electron chi connectivity index (χ0n) is 12.0. The lowest BCUT2D eigenvalue weighted by Crippen LogP contribution is -2.33. The van der Waals surface area contributed by atoms with Crippen molar-refractivity contribution in [3.05, 3.63) is 11.9 Å². The number of carbonyl (C=O) groups excluding carboxylic acids is 1. The van der Waals surface area contributed by atoms with E-state index in [9.17, 15) is 4.79 Å². The number of hydrogen-bond donors (Lipinski definition) is 1. The molecule has 108 valence electrons. The fourth-order valence-corrected chi connectivity index (χ4v) is 1.88. The van der Waals surface area contributed by atoms with Crippen molar-refractivity contribution in [2.45, 2.75) is 38.8 Å².